The van der Waals surface area contributed by atoms with Gasteiger partial charge >= 0.3 is 0 Å². The first-order valence-corrected chi connectivity index (χ1v) is 8.15. The lowest BCUT2D eigenvalue weighted by Crippen LogP contribution is -2.39. The van der Waals surface area contributed by atoms with Gasteiger partial charge in [-0.1, -0.05) is 12.1 Å². The zero-order valence-corrected chi connectivity index (χ0v) is 14.1. The second-order valence-corrected chi connectivity index (χ2v) is 6.12. The van der Waals surface area contributed by atoms with Crippen molar-refractivity contribution in [3.05, 3.63) is 65.6 Å². The van der Waals surface area contributed by atoms with Crippen molar-refractivity contribution >= 4 is 22.4 Å². The number of carbonyl (C=O) groups excluding carboxylic acids is 1. The highest BCUT2D eigenvalue weighted by Crippen LogP contribution is 2.32. The van der Waals surface area contributed by atoms with E-state index in [1.165, 1.54) is 11.3 Å². The van der Waals surface area contributed by atoms with E-state index in [0.29, 0.717) is 16.7 Å². The molecule has 0 saturated carbocycles. The van der Waals surface area contributed by atoms with Crippen molar-refractivity contribution in [2.24, 2.45) is 0 Å². The molecule has 0 aliphatic heterocycles. The number of ether oxygens (including phenoxy) is 1. The molecule has 0 aliphatic rings. The first-order chi connectivity index (χ1) is 11.6. The monoisotopic (exact) mass is 340 g/mol. The first-order valence-electron chi connectivity index (χ1n) is 7.27. The number of rotatable bonds is 5. The fraction of sp³-hybridized carbons (Fsp3) is 0.176. The van der Waals surface area contributed by atoms with Crippen LogP contribution in [0.4, 0.5) is 5.13 Å². The fourth-order valence-electron chi connectivity index (χ4n) is 2.36. The maximum atomic E-state index is 13.0. The van der Waals surface area contributed by atoms with Crippen LogP contribution in [-0.4, -0.2) is 28.0 Å². The molecule has 0 radical (unpaired) electrons. The Morgan fingerprint density at radius 1 is 1.17 bits per heavy atom. The lowest BCUT2D eigenvalue weighted by atomic mass is 9.79. The molecule has 1 N–H and O–H groups in total. The number of aromatic nitrogens is 3. The molecule has 3 rings (SSSR count). The van der Waals surface area contributed by atoms with E-state index in [2.05, 4.69) is 20.3 Å². The molecule has 0 aliphatic carbocycles. The molecule has 0 bridgehead atoms. The number of thiazole rings is 1. The van der Waals surface area contributed by atoms with Crippen LogP contribution in [0.3, 0.4) is 0 Å². The number of hydrogen-bond donors (Lipinski definition) is 1. The third kappa shape index (κ3) is 2.98. The van der Waals surface area contributed by atoms with Crippen molar-refractivity contribution in [1.29, 1.82) is 0 Å². The third-order valence-electron chi connectivity index (χ3n) is 3.81. The molecule has 1 amide bonds. The molecule has 3 aromatic rings. The van der Waals surface area contributed by atoms with Crippen molar-refractivity contribution in [2.45, 2.75) is 12.3 Å². The predicted octanol–water partition coefficient (Wildman–Crippen LogP) is 2.89. The molecule has 7 heteroatoms. The van der Waals surface area contributed by atoms with E-state index < -0.39 is 5.41 Å². The number of pyridine rings is 2. The Morgan fingerprint density at radius 2 is 2.04 bits per heavy atom. The number of anilines is 1. The van der Waals surface area contributed by atoms with E-state index in [1.54, 1.807) is 31.8 Å². The molecule has 0 aromatic carbocycles. The number of methoxy groups -OCH3 is 1. The highest BCUT2D eigenvalue weighted by Gasteiger charge is 2.39. The van der Waals surface area contributed by atoms with Crippen LogP contribution >= 0.6 is 11.3 Å². The summed E-state index contributed by atoms with van der Waals surface area (Å²) >= 11 is 1.36. The van der Waals surface area contributed by atoms with Gasteiger partial charge in [0.05, 0.1) is 12.8 Å². The van der Waals surface area contributed by atoms with E-state index in [1.807, 2.05) is 36.6 Å². The van der Waals surface area contributed by atoms with Gasteiger partial charge in [0.2, 0.25) is 11.8 Å². The van der Waals surface area contributed by atoms with Gasteiger partial charge < -0.3 is 10.1 Å². The van der Waals surface area contributed by atoms with Gasteiger partial charge in [-0.2, -0.15) is 0 Å². The van der Waals surface area contributed by atoms with Crippen LogP contribution in [0.25, 0.3) is 0 Å². The Labute approximate surface area is 143 Å². The molecule has 1 unspecified atom stereocenters. The van der Waals surface area contributed by atoms with Gasteiger partial charge in [0.15, 0.2) is 5.13 Å². The van der Waals surface area contributed by atoms with Crippen LogP contribution in [0, 0.1) is 0 Å². The molecule has 122 valence electrons. The van der Waals surface area contributed by atoms with Gasteiger partial charge in [-0.3, -0.25) is 9.78 Å². The van der Waals surface area contributed by atoms with Crippen molar-refractivity contribution in [1.82, 2.24) is 15.0 Å². The number of hydrogen-bond acceptors (Lipinski definition) is 6. The molecule has 0 saturated heterocycles. The Hall–Kier alpha value is -2.80. The standard InChI is InChI=1S/C17H16N4O2S/c1-17(13-5-3-4-8-18-13,12-6-7-14(23-2)20-11-12)15(22)21-16-19-9-10-24-16/h3-11H,1-2H3,(H,19,21,22). The van der Waals surface area contributed by atoms with Crippen LogP contribution in [0.1, 0.15) is 18.2 Å². The maximum Gasteiger partial charge on any atom is 0.242 e. The number of amides is 1. The fourth-order valence-corrected chi connectivity index (χ4v) is 2.88. The van der Waals surface area contributed by atoms with Crippen LogP contribution in [0.15, 0.2) is 54.3 Å². The van der Waals surface area contributed by atoms with Crippen LogP contribution in [-0.2, 0) is 10.2 Å². The Morgan fingerprint density at radius 3 is 2.62 bits per heavy atom. The summed E-state index contributed by atoms with van der Waals surface area (Å²) in [7, 11) is 1.55. The molecular weight excluding hydrogens is 324 g/mol. The highest BCUT2D eigenvalue weighted by atomic mass is 32.1. The summed E-state index contributed by atoms with van der Waals surface area (Å²) in [5.74, 6) is 0.269. The van der Waals surface area contributed by atoms with Crippen molar-refractivity contribution in [2.75, 3.05) is 12.4 Å². The minimum atomic E-state index is -1.01. The SMILES string of the molecule is COc1ccc(C(C)(C(=O)Nc2nccs2)c2ccccn2)cn1. The summed E-state index contributed by atoms with van der Waals surface area (Å²) in [5.41, 5.74) is 0.341. The van der Waals surface area contributed by atoms with Crippen LogP contribution < -0.4 is 10.1 Å². The van der Waals surface area contributed by atoms with E-state index in [0.717, 1.165) is 5.56 Å². The van der Waals surface area contributed by atoms with Crippen LogP contribution in [0.2, 0.25) is 0 Å². The van der Waals surface area contributed by atoms with Gasteiger partial charge in [-0.15, -0.1) is 11.3 Å². The van der Waals surface area contributed by atoms with E-state index in [9.17, 15) is 4.79 Å². The lowest BCUT2D eigenvalue weighted by molar-refractivity contribution is -0.119. The zero-order valence-electron chi connectivity index (χ0n) is 13.3. The van der Waals surface area contributed by atoms with Gasteiger partial charge in [0.25, 0.3) is 0 Å². The number of nitrogens with zero attached hydrogens (tertiary/aromatic N) is 3. The lowest BCUT2D eigenvalue weighted by Gasteiger charge is -2.27. The molecule has 0 fully saturated rings. The summed E-state index contributed by atoms with van der Waals surface area (Å²) in [6.45, 7) is 1.82. The van der Waals surface area contributed by atoms with E-state index in [-0.39, 0.29) is 5.91 Å². The Kier molecular flexibility index (Phi) is 4.52. The minimum Gasteiger partial charge on any atom is -0.481 e. The van der Waals surface area contributed by atoms with E-state index >= 15 is 0 Å². The topological polar surface area (TPSA) is 77.0 Å². The Balaban J connectivity index is 2.04. The molecular formula is C17H16N4O2S. The van der Waals surface area contributed by atoms with E-state index in [4.69, 9.17) is 4.74 Å². The molecule has 3 aromatic heterocycles. The summed E-state index contributed by atoms with van der Waals surface area (Å²) in [6.07, 6.45) is 4.95. The third-order valence-corrected chi connectivity index (χ3v) is 4.50. The van der Waals surface area contributed by atoms with Crippen molar-refractivity contribution in [3.8, 4) is 5.88 Å². The van der Waals surface area contributed by atoms with Gasteiger partial charge in [0, 0.05) is 30.0 Å². The van der Waals surface area contributed by atoms with Gasteiger partial charge in [0.1, 0.15) is 5.41 Å². The molecule has 0 spiro atoms. The molecule has 24 heavy (non-hydrogen) atoms. The molecule has 6 nitrogen and oxygen atoms in total. The van der Waals surface area contributed by atoms with Gasteiger partial charge in [-0.25, -0.2) is 9.97 Å². The first kappa shape index (κ1) is 16.1. The maximum absolute atomic E-state index is 13.0. The van der Waals surface area contributed by atoms with Crippen molar-refractivity contribution in [3.63, 3.8) is 0 Å². The zero-order chi connectivity index (χ0) is 17.0. The van der Waals surface area contributed by atoms with Crippen LogP contribution in [0.5, 0.6) is 5.88 Å². The summed E-state index contributed by atoms with van der Waals surface area (Å²) in [5, 5.41) is 5.21. The Bertz CT molecular complexity index is 806. The quantitative estimate of drug-likeness (QED) is 0.773. The van der Waals surface area contributed by atoms with Gasteiger partial charge in [-0.05, 0) is 24.6 Å². The summed E-state index contributed by atoms with van der Waals surface area (Å²) in [4.78, 5) is 25.8. The smallest absolute Gasteiger partial charge is 0.242 e. The average molecular weight is 340 g/mol. The molecule has 3 heterocycles. The highest BCUT2D eigenvalue weighted by molar-refractivity contribution is 7.13. The molecule has 1 atom stereocenters. The second kappa shape index (κ2) is 6.76. The van der Waals surface area contributed by atoms with Crippen molar-refractivity contribution < 1.29 is 9.53 Å². The minimum absolute atomic E-state index is 0.219. The predicted molar refractivity (Wildman–Crippen MR) is 92.2 cm³/mol. The largest absolute Gasteiger partial charge is 0.481 e. The number of carbonyl (C=O) groups is 1. The second-order valence-electron chi connectivity index (χ2n) is 5.22. The summed E-state index contributed by atoms with van der Waals surface area (Å²) < 4.78 is 5.10. The normalized spacial score (nSPS) is 13.1. The summed E-state index contributed by atoms with van der Waals surface area (Å²) in [6, 6.07) is 9.05. The average Bonchev–Trinajstić information content (AvgIpc) is 3.15. The number of nitrogens with one attached hydrogen (secondary N) is 1.